The van der Waals surface area contributed by atoms with Crippen LogP contribution in [0.5, 0.6) is 0 Å². The normalized spacial score (nSPS) is 11.3. The first-order chi connectivity index (χ1) is 19.3. The van der Waals surface area contributed by atoms with E-state index in [1.54, 1.807) is 13.8 Å². The maximum absolute atomic E-state index is 13.0. The fraction of sp³-hybridized carbons (Fsp3) is 0.120. The van der Waals surface area contributed by atoms with Crippen molar-refractivity contribution >= 4 is 44.3 Å². The number of rotatable bonds is 4. The number of hydrogen-bond acceptors (Lipinski definition) is 8. The number of fused-ring (bicyclic) bond motifs is 2. The van der Waals surface area contributed by atoms with Gasteiger partial charge < -0.3 is 6.53 Å². The predicted molar refractivity (Wildman–Crippen MR) is 140 cm³/mol. The molecule has 4 heterocycles. The van der Waals surface area contributed by atoms with Crippen LogP contribution < -0.4 is 29.6 Å². The summed E-state index contributed by atoms with van der Waals surface area (Å²) in [5.74, 6) is -4.07. The predicted octanol–water partition coefficient (Wildman–Crippen LogP) is 3.37. The van der Waals surface area contributed by atoms with Crippen LogP contribution in [0.2, 0.25) is 0 Å². The molecule has 0 atom stereocenters. The van der Waals surface area contributed by atoms with Gasteiger partial charge in [0.1, 0.15) is 38.7 Å². The third kappa shape index (κ3) is 6.12. The number of aromatic carboxylic acids is 1. The van der Waals surface area contributed by atoms with Crippen LogP contribution in [0.15, 0.2) is 48.5 Å². The van der Waals surface area contributed by atoms with Crippen LogP contribution >= 0.6 is 22.7 Å². The van der Waals surface area contributed by atoms with Crippen LogP contribution in [-0.4, -0.2) is 52.2 Å². The van der Waals surface area contributed by atoms with Gasteiger partial charge in [0.2, 0.25) is 9.92 Å². The SMILES string of the molecule is Cc1nn2c(C(=O)C(F)(F)F)c(-c3ccc(F)cc3)nc2s1.Cc1nn2c(C(=O)O)c(-c3ccc(F)cc3)nc2s1.[H-].[Na+]. The molecule has 0 saturated heterocycles. The number of imidazole rings is 2. The second-order valence-corrected chi connectivity index (χ2v) is 10.7. The zero-order chi connectivity index (χ0) is 29.6. The van der Waals surface area contributed by atoms with Crippen LogP contribution in [0.3, 0.4) is 0 Å². The molecule has 0 fully saturated rings. The van der Waals surface area contributed by atoms with Gasteiger partial charge in [0.05, 0.1) is 0 Å². The number of benzene rings is 2. The van der Waals surface area contributed by atoms with Crippen LogP contribution in [0, 0.1) is 25.5 Å². The number of alkyl halides is 3. The molecule has 2 aromatic carbocycles. The van der Waals surface area contributed by atoms with Crippen molar-refractivity contribution in [3.8, 4) is 22.5 Å². The fourth-order valence-electron chi connectivity index (χ4n) is 3.84. The van der Waals surface area contributed by atoms with Gasteiger partial charge in [0.15, 0.2) is 5.69 Å². The summed E-state index contributed by atoms with van der Waals surface area (Å²) in [5, 5.41) is 18.5. The Bertz CT molecular complexity index is 1940. The molecule has 17 heteroatoms. The van der Waals surface area contributed by atoms with E-state index >= 15 is 0 Å². The monoisotopic (exact) mass is 630 g/mol. The van der Waals surface area contributed by atoms with Gasteiger partial charge in [-0.2, -0.15) is 32.4 Å². The van der Waals surface area contributed by atoms with Crippen molar-refractivity contribution in [1.29, 1.82) is 0 Å². The fourth-order valence-corrected chi connectivity index (χ4v) is 5.32. The number of aryl methyl sites for hydroxylation is 2. The summed E-state index contributed by atoms with van der Waals surface area (Å²) < 4.78 is 66.6. The standard InChI is InChI=1S/C13H7F4N3OS.C12H8FN3O2S.Na.H/c1-6-19-20-10(11(21)13(15,16)17)9(18-12(20)22-6)7-2-4-8(14)5-3-7;1-6-15-16-10(11(17)18)9(14-12(16)19-6)7-2-4-8(13)5-3-7;;/h2-5H,1H3;2-5H,1H3,(H,17,18);;/q;;+1;-1. The van der Waals surface area contributed by atoms with Gasteiger partial charge in [0, 0.05) is 11.1 Å². The van der Waals surface area contributed by atoms with Gasteiger partial charge >= 0.3 is 41.7 Å². The first-order valence-electron chi connectivity index (χ1n) is 11.4. The van der Waals surface area contributed by atoms with Crippen LogP contribution in [-0.2, 0) is 0 Å². The molecule has 0 aliphatic rings. The summed E-state index contributed by atoms with van der Waals surface area (Å²) in [6, 6.07) is 10.2. The Hall–Kier alpha value is -3.57. The molecule has 0 radical (unpaired) electrons. The molecule has 0 aliphatic carbocycles. The molecular formula is C25H16F5N6NaO3S2. The molecule has 0 amide bonds. The minimum absolute atomic E-state index is 0. The van der Waals surface area contributed by atoms with E-state index in [-0.39, 0.29) is 58.7 Å². The number of aromatic nitrogens is 6. The number of carboxylic acids is 1. The first kappa shape index (κ1) is 31.4. The van der Waals surface area contributed by atoms with Gasteiger partial charge in [-0.3, -0.25) is 4.79 Å². The largest absolute Gasteiger partial charge is 1.00 e. The van der Waals surface area contributed by atoms with Crippen molar-refractivity contribution < 1.29 is 67.6 Å². The molecule has 0 saturated carbocycles. The minimum atomic E-state index is -5.05. The zero-order valence-corrected chi connectivity index (χ0v) is 25.4. The smallest absolute Gasteiger partial charge is 1.00 e. The summed E-state index contributed by atoms with van der Waals surface area (Å²) in [7, 11) is 0. The Morgan fingerprint density at radius 1 is 0.762 bits per heavy atom. The second kappa shape index (κ2) is 12.0. The summed E-state index contributed by atoms with van der Waals surface area (Å²) in [6.45, 7) is 3.38. The molecule has 9 nitrogen and oxygen atoms in total. The Morgan fingerprint density at radius 3 is 1.52 bits per heavy atom. The molecule has 42 heavy (non-hydrogen) atoms. The van der Waals surface area contributed by atoms with Crippen molar-refractivity contribution in [2.45, 2.75) is 20.0 Å². The number of carboxylic acid groups (broad SMARTS) is 1. The van der Waals surface area contributed by atoms with Gasteiger partial charge in [-0.05, 0) is 62.4 Å². The van der Waals surface area contributed by atoms with Crippen molar-refractivity contribution in [3.63, 3.8) is 0 Å². The van der Waals surface area contributed by atoms with E-state index in [2.05, 4.69) is 20.2 Å². The van der Waals surface area contributed by atoms with Crippen molar-refractivity contribution in [2.24, 2.45) is 0 Å². The van der Waals surface area contributed by atoms with Gasteiger partial charge in [-0.15, -0.1) is 0 Å². The summed E-state index contributed by atoms with van der Waals surface area (Å²) in [6.07, 6.45) is -5.05. The summed E-state index contributed by atoms with van der Waals surface area (Å²) in [4.78, 5) is 32.1. The molecule has 212 valence electrons. The van der Waals surface area contributed by atoms with E-state index in [1.807, 2.05) is 0 Å². The average molecular weight is 631 g/mol. The van der Waals surface area contributed by atoms with E-state index in [4.69, 9.17) is 0 Å². The molecule has 0 unspecified atom stereocenters. The first-order valence-corrected chi connectivity index (χ1v) is 13.1. The van der Waals surface area contributed by atoms with Crippen LogP contribution in [0.1, 0.15) is 32.4 Å². The molecule has 6 aromatic rings. The Kier molecular flexibility index (Phi) is 8.94. The molecule has 6 rings (SSSR count). The van der Waals surface area contributed by atoms with E-state index in [1.165, 1.54) is 52.3 Å². The number of carbonyl (C=O) groups is 2. The van der Waals surface area contributed by atoms with E-state index in [9.17, 15) is 36.6 Å². The third-order valence-electron chi connectivity index (χ3n) is 5.52. The van der Waals surface area contributed by atoms with Gasteiger partial charge in [-0.1, -0.05) is 22.7 Å². The third-order valence-corrected chi connectivity index (χ3v) is 7.17. The average Bonchev–Trinajstić information content (AvgIpc) is 3.62. The van der Waals surface area contributed by atoms with Crippen molar-refractivity contribution in [3.05, 3.63) is 81.6 Å². The molecule has 0 aliphatic heterocycles. The molecule has 4 aromatic heterocycles. The van der Waals surface area contributed by atoms with Crippen LogP contribution in [0.25, 0.3) is 32.4 Å². The van der Waals surface area contributed by atoms with Crippen LogP contribution in [0.4, 0.5) is 22.0 Å². The number of ketones is 1. The summed E-state index contributed by atoms with van der Waals surface area (Å²) in [5.41, 5.74) is 0.218. The number of hydrogen-bond donors (Lipinski definition) is 1. The number of halogens is 5. The molecule has 0 spiro atoms. The van der Waals surface area contributed by atoms with E-state index in [0.29, 0.717) is 21.2 Å². The summed E-state index contributed by atoms with van der Waals surface area (Å²) >= 11 is 2.37. The minimum Gasteiger partial charge on any atom is -1.00 e. The molecule has 1 N–H and O–H groups in total. The molecular weight excluding hydrogens is 614 g/mol. The number of Topliss-reactive ketones (excluding diaryl/α,β-unsaturated/α-hetero) is 1. The molecule has 0 bridgehead atoms. The number of carbonyl (C=O) groups excluding carboxylic acids is 1. The van der Waals surface area contributed by atoms with E-state index in [0.717, 1.165) is 33.0 Å². The van der Waals surface area contributed by atoms with E-state index < -0.39 is 29.4 Å². The maximum Gasteiger partial charge on any atom is 1.00 e. The number of nitrogens with zero attached hydrogens (tertiary/aromatic N) is 6. The van der Waals surface area contributed by atoms with Crippen molar-refractivity contribution in [1.82, 2.24) is 29.2 Å². The zero-order valence-electron chi connectivity index (χ0n) is 22.8. The topological polar surface area (TPSA) is 115 Å². The second-order valence-electron chi connectivity index (χ2n) is 8.39. The maximum atomic E-state index is 13.0. The quantitative estimate of drug-likeness (QED) is 0.181. The Morgan fingerprint density at radius 2 is 1.14 bits per heavy atom. The Balaban J connectivity index is 0.000000227. The van der Waals surface area contributed by atoms with Gasteiger partial charge in [-0.25, -0.2) is 23.5 Å². The van der Waals surface area contributed by atoms with Gasteiger partial charge in [0.25, 0.3) is 5.78 Å². The van der Waals surface area contributed by atoms with Crippen molar-refractivity contribution in [2.75, 3.05) is 0 Å². The Labute approximate surface area is 264 Å².